The third kappa shape index (κ3) is 3.43. The van der Waals surface area contributed by atoms with Gasteiger partial charge in [-0.3, -0.25) is 4.79 Å². The molecule has 3 atom stereocenters. The van der Waals surface area contributed by atoms with Gasteiger partial charge in [-0.1, -0.05) is 34.6 Å². The first kappa shape index (κ1) is 15.9. The summed E-state index contributed by atoms with van der Waals surface area (Å²) in [4.78, 5) is 12.2. The Hall–Kier alpha value is -0.193. The maximum Gasteiger partial charge on any atom is 0.193 e. The van der Waals surface area contributed by atoms with Crippen LogP contribution in [0.3, 0.4) is 0 Å². The van der Waals surface area contributed by atoms with E-state index in [0.717, 1.165) is 0 Å². The molecule has 0 aromatic rings. The molecule has 0 radical (unpaired) electrons. The number of carbonyl (C=O) groups excluding carboxylic acids is 1. The molecular weight excluding hydrogens is 244 g/mol. The van der Waals surface area contributed by atoms with Crippen molar-refractivity contribution in [1.29, 1.82) is 0 Å². The smallest absolute Gasteiger partial charge is 0.193 e. The molecule has 0 spiro atoms. The Morgan fingerprint density at radius 2 is 1.72 bits per heavy atom. The highest BCUT2D eigenvalue weighted by atomic mass is 28.4. The third-order valence-electron chi connectivity index (χ3n) is 4.14. The van der Waals surface area contributed by atoms with Crippen LogP contribution in [-0.2, 0) is 14.0 Å². The lowest BCUT2D eigenvalue weighted by Gasteiger charge is -2.38. The summed E-state index contributed by atoms with van der Waals surface area (Å²) in [5.74, 6) is 0.512. The molecule has 0 saturated carbocycles. The van der Waals surface area contributed by atoms with Crippen molar-refractivity contribution in [3.63, 3.8) is 0 Å². The first-order chi connectivity index (χ1) is 7.97. The van der Waals surface area contributed by atoms with Crippen molar-refractivity contribution in [3.8, 4) is 0 Å². The fourth-order valence-electron chi connectivity index (χ4n) is 1.77. The molecule has 1 rings (SSSR count). The topological polar surface area (TPSA) is 38.8 Å². The molecule has 1 aliphatic rings. The molecule has 106 valence electrons. The molecule has 0 N–H and O–H groups in total. The summed E-state index contributed by atoms with van der Waals surface area (Å²) in [6.45, 7) is 16.9. The van der Waals surface area contributed by atoms with Crippen molar-refractivity contribution in [2.45, 2.75) is 78.0 Å². The van der Waals surface area contributed by atoms with Crippen molar-refractivity contribution >= 4 is 14.1 Å². The van der Waals surface area contributed by atoms with Crippen LogP contribution in [0.2, 0.25) is 18.1 Å². The molecule has 1 heterocycles. The summed E-state index contributed by atoms with van der Waals surface area (Å²) in [6.07, 6.45) is -0.479. The minimum Gasteiger partial charge on any atom is -0.407 e. The largest absolute Gasteiger partial charge is 0.407 e. The highest BCUT2D eigenvalue weighted by molar-refractivity contribution is 6.74. The number of Topliss-reactive ketones (excluding diaryl/α,β-unsaturated/α-hetero) is 1. The Bertz CT molecular complexity index is 317. The molecule has 0 bridgehead atoms. The maximum atomic E-state index is 12.2. The number of ketones is 1. The van der Waals surface area contributed by atoms with Gasteiger partial charge >= 0.3 is 0 Å². The Kier molecular flexibility index (Phi) is 4.46. The zero-order valence-electron chi connectivity index (χ0n) is 13.0. The SMILES string of the molecule is CC(C)[C@@H]1O[C@@H]1C(=O)[C@H](C)O[Si](C)(C)C(C)(C)C. The van der Waals surface area contributed by atoms with Crippen molar-refractivity contribution in [1.82, 2.24) is 0 Å². The summed E-state index contributed by atoms with van der Waals surface area (Å²) in [7, 11) is -1.87. The summed E-state index contributed by atoms with van der Waals surface area (Å²) in [5, 5.41) is 0.128. The summed E-state index contributed by atoms with van der Waals surface area (Å²) >= 11 is 0. The predicted molar refractivity (Wildman–Crippen MR) is 76.3 cm³/mol. The quantitative estimate of drug-likeness (QED) is 0.569. The summed E-state index contributed by atoms with van der Waals surface area (Å²) < 4.78 is 11.6. The van der Waals surface area contributed by atoms with Gasteiger partial charge in [-0.05, 0) is 31.0 Å². The van der Waals surface area contributed by atoms with Gasteiger partial charge in [0.15, 0.2) is 14.1 Å². The fourth-order valence-corrected chi connectivity index (χ4v) is 3.12. The van der Waals surface area contributed by atoms with Crippen LogP contribution < -0.4 is 0 Å². The van der Waals surface area contributed by atoms with Gasteiger partial charge in [-0.15, -0.1) is 0 Å². The Balaban J connectivity index is 2.57. The molecule has 0 aliphatic carbocycles. The zero-order valence-corrected chi connectivity index (χ0v) is 14.0. The van der Waals surface area contributed by atoms with Gasteiger partial charge in [0.25, 0.3) is 0 Å². The van der Waals surface area contributed by atoms with Gasteiger partial charge < -0.3 is 9.16 Å². The predicted octanol–water partition coefficient (Wildman–Crippen LogP) is 3.39. The average Bonchev–Trinajstić information content (AvgIpc) is 2.93. The zero-order chi connectivity index (χ0) is 14.3. The van der Waals surface area contributed by atoms with Crippen molar-refractivity contribution in [3.05, 3.63) is 0 Å². The normalized spacial score (nSPS) is 26.3. The molecule has 0 amide bonds. The molecule has 0 aromatic carbocycles. The van der Waals surface area contributed by atoms with Crippen LogP contribution in [0.15, 0.2) is 0 Å². The summed E-state index contributed by atoms with van der Waals surface area (Å²) in [6, 6.07) is 0. The first-order valence-corrected chi connectivity index (χ1v) is 9.75. The third-order valence-corrected chi connectivity index (χ3v) is 8.70. The number of rotatable bonds is 5. The van der Waals surface area contributed by atoms with Crippen LogP contribution in [0.4, 0.5) is 0 Å². The van der Waals surface area contributed by atoms with Crippen LogP contribution in [0.1, 0.15) is 41.5 Å². The van der Waals surface area contributed by atoms with E-state index in [1.54, 1.807) is 0 Å². The van der Waals surface area contributed by atoms with E-state index in [9.17, 15) is 4.79 Å². The van der Waals surface area contributed by atoms with Crippen LogP contribution in [0, 0.1) is 5.92 Å². The van der Waals surface area contributed by atoms with Crippen LogP contribution in [0.25, 0.3) is 0 Å². The molecule has 1 aliphatic heterocycles. The lowest BCUT2D eigenvalue weighted by Crippen LogP contribution is -2.46. The van der Waals surface area contributed by atoms with E-state index < -0.39 is 8.32 Å². The minimum atomic E-state index is -1.87. The Morgan fingerprint density at radius 1 is 1.22 bits per heavy atom. The second-order valence-corrected chi connectivity index (χ2v) is 11.9. The maximum absolute atomic E-state index is 12.2. The average molecular weight is 272 g/mol. The first-order valence-electron chi connectivity index (χ1n) is 6.84. The number of epoxide rings is 1. The van der Waals surface area contributed by atoms with Gasteiger partial charge in [-0.2, -0.15) is 0 Å². The molecule has 4 heteroatoms. The Labute approximate surface area is 112 Å². The number of hydrogen-bond acceptors (Lipinski definition) is 3. The summed E-state index contributed by atoms with van der Waals surface area (Å²) in [5.41, 5.74) is 0. The van der Waals surface area contributed by atoms with Crippen LogP contribution >= 0.6 is 0 Å². The molecule has 0 unspecified atom stereocenters. The molecule has 1 saturated heterocycles. The molecule has 3 nitrogen and oxygen atoms in total. The van der Waals surface area contributed by atoms with E-state index in [1.807, 2.05) is 6.92 Å². The monoisotopic (exact) mass is 272 g/mol. The highest BCUT2D eigenvalue weighted by Crippen LogP contribution is 2.38. The number of ether oxygens (including phenoxy) is 1. The van der Waals surface area contributed by atoms with E-state index in [-0.39, 0.29) is 29.1 Å². The van der Waals surface area contributed by atoms with Gasteiger partial charge in [0.1, 0.15) is 12.2 Å². The van der Waals surface area contributed by atoms with Gasteiger partial charge in [-0.25, -0.2) is 0 Å². The van der Waals surface area contributed by atoms with Crippen molar-refractivity contribution < 1.29 is 14.0 Å². The molecule has 1 fully saturated rings. The van der Waals surface area contributed by atoms with E-state index >= 15 is 0 Å². The van der Waals surface area contributed by atoms with Crippen molar-refractivity contribution in [2.75, 3.05) is 0 Å². The van der Waals surface area contributed by atoms with Crippen LogP contribution in [-0.4, -0.2) is 32.4 Å². The lowest BCUT2D eigenvalue weighted by atomic mass is 10.0. The minimum absolute atomic E-state index is 0.1000. The number of carbonyl (C=O) groups is 1. The second-order valence-electron chi connectivity index (χ2n) is 7.19. The van der Waals surface area contributed by atoms with Crippen LogP contribution in [0.5, 0.6) is 0 Å². The second kappa shape index (κ2) is 5.06. The van der Waals surface area contributed by atoms with Gasteiger partial charge in [0, 0.05) is 0 Å². The number of hydrogen-bond donors (Lipinski definition) is 0. The van der Waals surface area contributed by atoms with E-state index in [1.165, 1.54) is 0 Å². The molecule has 0 aromatic heterocycles. The van der Waals surface area contributed by atoms with E-state index in [4.69, 9.17) is 9.16 Å². The highest BCUT2D eigenvalue weighted by Gasteiger charge is 2.49. The van der Waals surface area contributed by atoms with Crippen molar-refractivity contribution in [2.24, 2.45) is 5.92 Å². The molecule has 18 heavy (non-hydrogen) atoms. The fraction of sp³-hybridized carbons (Fsp3) is 0.929. The van der Waals surface area contributed by atoms with Gasteiger partial charge in [0.05, 0.1) is 6.10 Å². The van der Waals surface area contributed by atoms with E-state index in [0.29, 0.717) is 5.92 Å². The van der Waals surface area contributed by atoms with Gasteiger partial charge in [0.2, 0.25) is 0 Å². The Morgan fingerprint density at radius 3 is 2.06 bits per heavy atom. The van der Waals surface area contributed by atoms with E-state index in [2.05, 4.69) is 47.7 Å². The molecular formula is C14H28O3Si. The standard InChI is InChI=1S/C14H28O3Si/c1-9(2)12-13(16-12)11(15)10(3)17-18(7,8)14(4,5)6/h9-10,12-13H,1-8H3/t10-,12-,13+/m0/s1. The lowest BCUT2D eigenvalue weighted by molar-refractivity contribution is -0.126.